The van der Waals surface area contributed by atoms with Crippen molar-refractivity contribution in [3.63, 3.8) is 0 Å². The van der Waals surface area contributed by atoms with Crippen LogP contribution < -0.4 is 10.1 Å². The van der Waals surface area contributed by atoms with E-state index in [9.17, 15) is 0 Å². The molecule has 0 aliphatic carbocycles. The topological polar surface area (TPSA) is 45.0 Å². The fourth-order valence-corrected chi connectivity index (χ4v) is 1.50. The molecule has 1 unspecified atom stereocenters. The number of benzene rings is 1. The average molecular weight is 174 g/mol. The van der Waals surface area contributed by atoms with E-state index in [0.717, 1.165) is 11.3 Å². The van der Waals surface area contributed by atoms with Crippen molar-refractivity contribution in [3.8, 4) is 11.8 Å². The van der Waals surface area contributed by atoms with Gasteiger partial charge in [-0.25, -0.2) is 0 Å². The highest BCUT2D eigenvalue weighted by atomic mass is 16.5. The first-order chi connectivity index (χ1) is 6.42. The quantitative estimate of drug-likeness (QED) is 0.686. The first kappa shape index (κ1) is 8.09. The Bertz CT molecular complexity index is 343. The van der Waals surface area contributed by atoms with E-state index in [4.69, 9.17) is 10.00 Å². The van der Waals surface area contributed by atoms with E-state index in [1.54, 1.807) is 0 Å². The van der Waals surface area contributed by atoms with Crippen molar-refractivity contribution in [1.29, 1.82) is 5.26 Å². The number of hydrogen-bond acceptors (Lipinski definition) is 3. The molecular weight excluding hydrogens is 164 g/mol. The van der Waals surface area contributed by atoms with Crippen LogP contribution in [0.3, 0.4) is 0 Å². The molecule has 1 aliphatic rings. The van der Waals surface area contributed by atoms with Crippen LogP contribution in [0.2, 0.25) is 0 Å². The zero-order valence-corrected chi connectivity index (χ0v) is 7.16. The zero-order valence-electron chi connectivity index (χ0n) is 7.16. The fraction of sp³-hybridized carbons (Fsp3) is 0.300. The van der Waals surface area contributed by atoms with Crippen molar-refractivity contribution in [3.05, 3.63) is 29.8 Å². The van der Waals surface area contributed by atoms with E-state index in [1.807, 2.05) is 24.3 Å². The third-order valence-electron chi connectivity index (χ3n) is 2.13. The van der Waals surface area contributed by atoms with Crippen molar-refractivity contribution < 1.29 is 4.74 Å². The Morgan fingerprint density at radius 2 is 2.38 bits per heavy atom. The molecule has 0 radical (unpaired) electrons. The van der Waals surface area contributed by atoms with Gasteiger partial charge in [-0.1, -0.05) is 18.2 Å². The summed E-state index contributed by atoms with van der Waals surface area (Å²) in [5.74, 6) is 0.929. The van der Waals surface area contributed by atoms with Crippen molar-refractivity contribution in [2.75, 3.05) is 13.2 Å². The number of fused-ring (bicyclic) bond motifs is 1. The van der Waals surface area contributed by atoms with Gasteiger partial charge in [-0.15, -0.1) is 0 Å². The number of nitrogens with zero attached hydrogens (tertiary/aromatic N) is 1. The Hall–Kier alpha value is -1.53. The molecular formula is C10H10N2O. The molecule has 1 aromatic rings. The van der Waals surface area contributed by atoms with Crippen molar-refractivity contribution in [2.24, 2.45) is 0 Å². The number of ether oxygens (including phenoxy) is 1. The van der Waals surface area contributed by atoms with Crippen LogP contribution in [0.5, 0.6) is 5.75 Å². The Kier molecular flexibility index (Phi) is 2.15. The van der Waals surface area contributed by atoms with Crippen LogP contribution in [0.15, 0.2) is 24.3 Å². The summed E-state index contributed by atoms with van der Waals surface area (Å²) in [5, 5.41) is 11.5. The molecule has 1 N–H and O–H groups in total. The van der Waals surface area contributed by atoms with Crippen molar-refractivity contribution in [2.45, 2.75) is 6.04 Å². The summed E-state index contributed by atoms with van der Waals surface area (Å²) in [6.07, 6.45) is 0. The normalized spacial score (nSPS) is 18.8. The Labute approximate surface area is 76.9 Å². The number of nitriles is 1. The molecule has 13 heavy (non-hydrogen) atoms. The lowest BCUT2D eigenvalue weighted by molar-refractivity contribution is 0.315. The summed E-state index contributed by atoms with van der Waals surface area (Å²) in [6, 6.07) is 10.1. The molecule has 0 amide bonds. The van der Waals surface area contributed by atoms with Crippen LogP contribution in [-0.4, -0.2) is 13.2 Å². The van der Waals surface area contributed by atoms with Gasteiger partial charge >= 0.3 is 0 Å². The zero-order chi connectivity index (χ0) is 9.10. The fourth-order valence-electron chi connectivity index (χ4n) is 1.50. The summed E-state index contributed by atoms with van der Waals surface area (Å²) in [4.78, 5) is 0. The minimum Gasteiger partial charge on any atom is -0.491 e. The minimum absolute atomic E-state index is 0.177. The van der Waals surface area contributed by atoms with Crippen molar-refractivity contribution >= 4 is 0 Å². The molecule has 1 aromatic carbocycles. The molecule has 1 atom stereocenters. The summed E-state index contributed by atoms with van der Waals surface area (Å²) in [6.45, 7) is 0.989. The Morgan fingerprint density at radius 1 is 1.54 bits per heavy atom. The molecule has 66 valence electrons. The van der Waals surface area contributed by atoms with Crippen LogP contribution >= 0.6 is 0 Å². The second-order valence-corrected chi connectivity index (χ2v) is 2.94. The Balaban J connectivity index is 2.15. The maximum absolute atomic E-state index is 8.42. The van der Waals surface area contributed by atoms with E-state index in [1.165, 1.54) is 0 Å². The first-order valence-corrected chi connectivity index (χ1v) is 4.24. The second kappa shape index (κ2) is 3.46. The van der Waals surface area contributed by atoms with E-state index in [-0.39, 0.29) is 6.04 Å². The van der Waals surface area contributed by atoms with E-state index in [0.29, 0.717) is 13.2 Å². The standard InChI is InChI=1S/C10H10N2O/c11-5-6-12-9-7-13-10-4-2-1-3-8(9)10/h1-4,9,12H,6-7H2. The number of para-hydroxylation sites is 1. The van der Waals surface area contributed by atoms with Gasteiger partial charge < -0.3 is 4.74 Å². The summed E-state index contributed by atoms with van der Waals surface area (Å²) >= 11 is 0. The third-order valence-corrected chi connectivity index (χ3v) is 2.13. The molecule has 1 heterocycles. The van der Waals surface area contributed by atoms with Gasteiger partial charge in [0.2, 0.25) is 0 Å². The van der Waals surface area contributed by atoms with Gasteiger partial charge in [0.1, 0.15) is 12.4 Å². The van der Waals surface area contributed by atoms with E-state index < -0.39 is 0 Å². The Morgan fingerprint density at radius 3 is 3.23 bits per heavy atom. The van der Waals surface area contributed by atoms with E-state index in [2.05, 4.69) is 11.4 Å². The molecule has 2 rings (SSSR count). The van der Waals surface area contributed by atoms with Crippen LogP contribution in [-0.2, 0) is 0 Å². The highest BCUT2D eigenvalue weighted by Gasteiger charge is 2.22. The van der Waals surface area contributed by atoms with Crippen LogP contribution in [0.1, 0.15) is 11.6 Å². The van der Waals surface area contributed by atoms with Crippen LogP contribution in [0.4, 0.5) is 0 Å². The first-order valence-electron chi connectivity index (χ1n) is 4.24. The summed E-state index contributed by atoms with van der Waals surface area (Å²) in [7, 11) is 0. The van der Waals surface area contributed by atoms with Gasteiger partial charge in [0, 0.05) is 5.56 Å². The predicted octanol–water partition coefficient (Wildman–Crippen LogP) is 1.23. The van der Waals surface area contributed by atoms with Gasteiger partial charge in [-0.3, -0.25) is 5.32 Å². The number of nitrogens with one attached hydrogen (secondary N) is 1. The molecule has 0 spiro atoms. The lowest BCUT2D eigenvalue weighted by Crippen LogP contribution is -2.22. The monoisotopic (exact) mass is 174 g/mol. The van der Waals surface area contributed by atoms with E-state index >= 15 is 0 Å². The van der Waals surface area contributed by atoms with Gasteiger partial charge in [0.05, 0.1) is 18.7 Å². The number of rotatable bonds is 2. The molecule has 3 heteroatoms. The third kappa shape index (κ3) is 1.49. The summed E-state index contributed by atoms with van der Waals surface area (Å²) < 4.78 is 5.44. The van der Waals surface area contributed by atoms with Gasteiger partial charge in [-0.05, 0) is 6.07 Å². The van der Waals surface area contributed by atoms with Gasteiger partial charge in [-0.2, -0.15) is 5.26 Å². The largest absolute Gasteiger partial charge is 0.491 e. The SMILES string of the molecule is N#CCNC1COc2ccccc21. The number of hydrogen-bond donors (Lipinski definition) is 1. The molecule has 0 saturated carbocycles. The molecule has 0 bridgehead atoms. The molecule has 0 saturated heterocycles. The predicted molar refractivity (Wildman–Crippen MR) is 48.3 cm³/mol. The minimum atomic E-state index is 0.177. The maximum atomic E-state index is 8.42. The van der Waals surface area contributed by atoms with Crippen LogP contribution in [0.25, 0.3) is 0 Å². The smallest absolute Gasteiger partial charge is 0.124 e. The highest BCUT2D eigenvalue weighted by Crippen LogP contribution is 2.31. The second-order valence-electron chi connectivity index (χ2n) is 2.94. The highest BCUT2D eigenvalue weighted by molar-refractivity contribution is 5.39. The molecule has 3 nitrogen and oxygen atoms in total. The van der Waals surface area contributed by atoms with Crippen LogP contribution in [0, 0.1) is 11.3 Å². The van der Waals surface area contributed by atoms with Gasteiger partial charge in [0.25, 0.3) is 0 Å². The molecule has 1 aliphatic heterocycles. The lowest BCUT2D eigenvalue weighted by atomic mass is 10.1. The maximum Gasteiger partial charge on any atom is 0.124 e. The van der Waals surface area contributed by atoms with Crippen molar-refractivity contribution in [1.82, 2.24) is 5.32 Å². The van der Waals surface area contributed by atoms with Gasteiger partial charge in [0.15, 0.2) is 0 Å². The lowest BCUT2D eigenvalue weighted by Gasteiger charge is -2.06. The molecule has 0 fully saturated rings. The average Bonchev–Trinajstić information content (AvgIpc) is 2.58. The molecule has 0 aromatic heterocycles. The summed E-state index contributed by atoms with van der Waals surface area (Å²) in [5.41, 5.74) is 1.15.